The van der Waals surface area contributed by atoms with E-state index < -0.39 is 0 Å². The molecule has 0 radical (unpaired) electrons. The van der Waals surface area contributed by atoms with Gasteiger partial charge < -0.3 is 33.5 Å². The van der Waals surface area contributed by atoms with Crippen LogP contribution in [0.5, 0.6) is 34.5 Å². The van der Waals surface area contributed by atoms with Crippen molar-refractivity contribution in [3.63, 3.8) is 0 Å². The summed E-state index contributed by atoms with van der Waals surface area (Å²) in [5, 5.41) is 13.0. The second kappa shape index (κ2) is 46.9. The highest BCUT2D eigenvalue weighted by molar-refractivity contribution is 5.75. The molecule has 2 aliphatic carbocycles. The zero-order chi connectivity index (χ0) is 78.5. The predicted octanol–water partition coefficient (Wildman–Crippen LogP) is 24.0. The van der Waals surface area contributed by atoms with Crippen LogP contribution in [0.3, 0.4) is 0 Å². The molecule has 1 saturated carbocycles. The standard InChI is InChI=1S/C16H25NO.C15H16.C14H24N2.C14H21NO2.C14H15NO.C11H13NO.C11H16O/c1-12(2)14-5-6-16(13(3)11-14)18-15-7-9-17(4)10-8-15;1-4-5-12-8-14-7-6-13(11(2)3)10-15(14)9-12;1-4-14(12-7-5-6-8-12)16-10-13(9-15-16)11(2)3;1-11(2)12-5-7-13(8-6-12)17-10-9-14(16)15(3)4;1-11(2)13-7-3-4-8-14(13)16-12-6-5-9-15-10-12;1-9(2)10-5-3-4-6-11(10)13-8-7-12;1-8(2)10-5-6-11(12-4)9(3)7-10/h5-6,11-12,15H,7-10H2,1-4H3;1,6-7,9-11H,5,8H2,2-3H3;9-12,14H,4-8H2,1-3H3;5-8,11H,9-10H2,1-4H3;3-11H,1-2H3;3-6,9H,8H2,1-2H3;5-8H,1-4H3. The van der Waals surface area contributed by atoms with Crippen LogP contribution in [0, 0.1) is 43.4 Å². The number of piperidine rings is 1. The molecule has 0 spiro atoms. The van der Waals surface area contributed by atoms with Crippen molar-refractivity contribution in [2.75, 3.05) is 54.6 Å². The Morgan fingerprint density at radius 2 is 1.15 bits per heavy atom. The van der Waals surface area contributed by atoms with E-state index in [0.717, 1.165) is 84.8 Å². The van der Waals surface area contributed by atoms with Crippen LogP contribution in [0.2, 0.25) is 0 Å². The molecule has 2 aromatic heterocycles. The first kappa shape index (κ1) is 88.5. The lowest BCUT2D eigenvalue weighted by Gasteiger charge is -2.29. The van der Waals surface area contributed by atoms with E-state index in [-0.39, 0.29) is 12.5 Å². The minimum atomic E-state index is 0.0869. The number of nitriles is 1. The van der Waals surface area contributed by atoms with Crippen LogP contribution in [0.15, 0.2) is 170 Å². The minimum Gasteiger partial charge on any atom is -0.496 e. The monoisotopic (exact) mass is 1450 g/mol. The van der Waals surface area contributed by atoms with E-state index in [0.29, 0.717) is 66.6 Å². The molecule has 1 amide bonds. The number of aryl methyl sites for hydroxylation is 2. The van der Waals surface area contributed by atoms with Crippen molar-refractivity contribution in [3.05, 3.63) is 231 Å². The molecule has 6 aromatic carbocycles. The number of amides is 1. The van der Waals surface area contributed by atoms with Gasteiger partial charge in [0.2, 0.25) is 5.91 Å². The quantitative estimate of drug-likeness (QED) is 0.0606. The Bertz CT molecular complexity index is 3990. The molecule has 3 aliphatic rings. The number of ether oxygens (including phenoxy) is 5. The number of para-hydroxylation sites is 2. The fourth-order valence-electron chi connectivity index (χ4n) is 12.9. The van der Waals surface area contributed by atoms with Crippen molar-refractivity contribution in [1.29, 1.82) is 5.26 Å². The topological polar surface area (TPSA) is 124 Å². The fraction of sp³-hybridized carbons (Fsp3) is 0.474. The van der Waals surface area contributed by atoms with E-state index in [2.05, 4.69) is 229 Å². The Hall–Kier alpha value is -9.10. The summed E-state index contributed by atoms with van der Waals surface area (Å²) in [5.74, 6) is 12.8. The number of fused-ring (bicyclic) bond motifs is 1. The lowest BCUT2D eigenvalue weighted by Crippen LogP contribution is -2.35. The zero-order valence-corrected chi connectivity index (χ0v) is 69.0. The third-order valence-electron chi connectivity index (χ3n) is 19.7. The number of pyridine rings is 1. The first-order chi connectivity index (χ1) is 51.2. The Labute approximate surface area is 646 Å². The lowest BCUT2D eigenvalue weighted by atomic mass is 9.96. The molecule has 0 N–H and O–H groups in total. The Balaban J connectivity index is 0.000000225. The number of aromatic nitrogens is 3. The van der Waals surface area contributed by atoms with Crippen LogP contribution in [0.4, 0.5) is 0 Å². The van der Waals surface area contributed by atoms with Crippen molar-refractivity contribution in [3.8, 4) is 52.9 Å². The van der Waals surface area contributed by atoms with Crippen LogP contribution in [-0.4, -0.2) is 91.1 Å². The number of allylic oxidation sites excluding steroid dienone is 1. The molecule has 2 fully saturated rings. The summed E-state index contributed by atoms with van der Waals surface area (Å²) < 4.78 is 30.2. The van der Waals surface area contributed by atoms with E-state index in [1.165, 1.54) is 93.3 Å². The summed E-state index contributed by atoms with van der Waals surface area (Å²) >= 11 is 0. The number of carbonyl (C=O) groups excluding carboxylic acids is 1. The number of rotatable bonds is 22. The molecule has 107 heavy (non-hydrogen) atoms. The average Bonchev–Trinajstić information content (AvgIpc) is 1.65. The maximum absolute atomic E-state index is 11.3. The molecule has 1 saturated heterocycles. The van der Waals surface area contributed by atoms with Gasteiger partial charge in [-0.15, -0.1) is 12.3 Å². The smallest absolute Gasteiger partial charge is 0.225 e. The molecule has 11 rings (SSSR count). The van der Waals surface area contributed by atoms with E-state index in [9.17, 15) is 4.79 Å². The molecule has 12 heteroatoms. The largest absolute Gasteiger partial charge is 0.496 e. The molecular formula is C95H130N6O6. The molecular weight excluding hydrogens is 1320 g/mol. The van der Waals surface area contributed by atoms with Gasteiger partial charge in [0.1, 0.15) is 46.7 Å². The lowest BCUT2D eigenvalue weighted by molar-refractivity contribution is -0.129. The van der Waals surface area contributed by atoms with Crippen LogP contribution < -0.4 is 23.7 Å². The summed E-state index contributed by atoms with van der Waals surface area (Å²) in [7, 11) is 7.38. The number of methoxy groups -OCH3 is 1. The van der Waals surface area contributed by atoms with E-state index >= 15 is 0 Å². The number of nitrogens with zero attached hydrogens (tertiary/aromatic N) is 6. The summed E-state index contributed by atoms with van der Waals surface area (Å²) in [5.41, 5.74) is 15.8. The highest BCUT2D eigenvalue weighted by Gasteiger charge is 2.26. The number of hydrogen-bond donors (Lipinski definition) is 0. The molecule has 1 unspecified atom stereocenters. The molecule has 1 atom stereocenters. The van der Waals surface area contributed by atoms with Crippen LogP contribution >= 0.6 is 0 Å². The fourth-order valence-corrected chi connectivity index (χ4v) is 12.9. The number of benzene rings is 6. The van der Waals surface area contributed by atoms with Gasteiger partial charge in [-0.1, -0.05) is 219 Å². The van der Waals surface area contributed by atoms with Gasteiger partial charge in [0.15, 0.2) is 6.61 Å². The van der Waals surface area contributed by atoms with Crippen molar-refractivity contribution in [2.45, 2.75) is 235 Å². The predicted molar refractivity (Wildman–Crippen MR) is 447 cm³/mol. The maximum atomic E-state index is 11.3. The van der Waals surface area contributed by atoms with Gasteiger partial charge >= 0.3 is 0 Å². The molecule has 3 heterocycles. The normalized spacial score (nSPS) is 13.5. The molecule has 576 valence electrons. The van der Waals surface area contributed by atoms with Gasteiger partial charge in [-0.3, -0.25) is 14.5 Å². The third-order valence-corrected chi connectivity index (χ3v) is 19.7. The van der Waals surface area contributed by atoms with Crippen molar-refractivity contribution >= 4 is 12.0 Å². The zero-order valence-electron chi connectivity index (χ0n) is 69.0. The Morgan fingerprint density at radius 3 is 1.65 bits per heavy atom. The maximum Gasteiger partial charge on any atom is 0.225 e. The minimum absolute atomic E-state index is 0.0869. The van der Waals surface area contributed by atoms with E-state index in [4.69, 9.17) is 35.4 Å². The second-order valence-corrected chi connectivity index (χ2v) is 30.8. The SMILES string of the molecule is C#CCC1=Cc2cc(C(C)C)ccc2C1.CC(C)c1ccc(OCCC(=O)N(C)C)cc1.CC(C)c1ccccc1OCC#N.CC(C)c1ccccc1Oc1cccnc1.CCC(C1CCCC1)n1cc(C(C)C)cn1.COc1ccc(C(C)C)cc1C.Cc1cc(C(C)C)ccc1OC1CCN(C)CC1. The first-order valence-electron chi connectivity index (χ1n) is 39.2. The first-order valence-corrected chi connectivity index (χ1v) is 39.2. The summed E-state index contributed by atoms with van der Waals surface area (Å²) in [6, 6.07) is 50.0. The molecule has 12 nitrogen and oxygen atoms in total. The third kappa shape index (κ3) is 30.6. The number of likely N-dealkylation sites (tertiary alicyclic amines) is 1. The van der Waals surface area contributed by atoms with Crippen LogP contribution in [-0.2, 0) is 11.2 Å². The van der Waals surface area contributed by atoms with Gasteiger partial charge in [-0.2, -0.15) is 10.4 Å². The highest BCUT2D eigenvalue weighted by Crippen LogP contribution is 2.37. The molecule has 8 aromatic rings. The van der Waals surface area contributed by atoms with Crippen LogP contribution in [0.1, 0.15) is 270 Å². The van der Waals surface area contributed by atoms with E-state index in [1.54, 1.807) is 38.5 Å². The summed E-state index contributed by atoms with van der Waals surface area (Å²) in [6.07, 6.45) is 27.1. The van der Waals surface area contributed by atoms with Gasteiger partial charge in [0.25, 0.3) is 0 Å². The van der Waals surface area contributed by atoms with Gasteiger partial charge in [-0.05, 0) is 216 Å². The molecule has 0 bridgehead atoms. The summed E-state index contributed by atoms with van der Waals surface area (Å²) in [6.45, 7) is 40.0. The Kier molecular flexibility index (Phi) is 38.8. The van der Waals surface area contributed by atoms with Crippen molar-refractivity contribution in [2.24, 2.45) is 5.92 Å². The van der Waals surface area contributed by atoms with Gasteiger partial charge in [0.05, 0.1) is 38.6 Å². The highest BCUT2D eigenvalue weighted by atomic mass is 16.5. The average molecular weight is 1450 g/mol. The van der Waals surface area contributed by atoms with Crippen LogP contribution in [0.25, 0.3) is 6.08 Å². The van der Waals surface area contributed by atoms with Crippen molar-refractivity contribution < 1.29 is 28.5 Å². The van der Waals surface area contributed by atoms with Crippen molar-refractivity contribution in [1.82, 2.24) is 24.6 Å². The second-order valence-electron chi connectivity index (χ2n) is 30.8. The van der Waals surface area contributed by atoms with Gasteiger partial charge in [0, 0.05) is 46.0 Å². The molecule has 1 aliphatic heterocycles. The number of terminal acetylenes is 1. The van der Waals surface area contributed by atoms with Gasteiger partial charge in [-0.25, -0.2) is 0 Å². The number of carbonyl (C=O) groups is 1. The van der Waals surface area contributed by atoms with E-state index in [1.807, 2.05) is 85.1 Å². The number of hydrogen-bond acceptors (Lipinski definition) is 10. The summed E-state index contributed by atoms with van der Waals surface area (Å²) in [4.78, 5) is 19.3. The Morgan fingerprint density at radius 1 is 0.607 bits per heavy atom.